The van der Waals surface area contributed by atoms with Gasteiger partial charge in [0.25, 0.3) is 0 Å². The number of nitrogens with zero attached hydrogens (tertiary/aromatic N) is 2. The number of hydrogen-bond donors (Lipinski definition) is 3. The Bertz CT molecular complexity index is 786. The van der Waals surface area contributed by atoms with Crippen molar-refractivity contribution in [3.63, 3.8) is 0 Å². The van der Waals surface area contributed by atoms with Crippen LogP contribution in [0.3, 0.4) is 0 Å². The molecule has 0 aliphatic heterocycles. The molecule has 3 aliphatic rings. The number of aromatic nitrogens is 2. The smallest absolute Gasteiger partial charge is 0.147 e. The van der Waals surface area contributed by atoms with E-state index in [-0.39, 0.29) is 11.8 Å². The normalized spacial score (nSPS) is 35.0. The third kappa shape index (κ3) is 2.27. The fraction of sp³-hybridized carbons (Fsp3) is 0.667. The summed E-state index contributed by atoms with van der Waals surface area (Å²) < 4.78 is 1.14. The Kier molecular flexibility index (Phi) is 3.37. The number of fused-ring (bicyclic) bond motifs is 3. The highest BCUT2D eigenvalue weighted by atomic mass is 32.1. The summed E-state index contributed by atoms with van der Waals surface area (Å²) in [5.41, 5.74) is 2.31. The van der Waals surface area contributed by atoms with E-state index in [1.807, 2.05) is 0 Å². The lowest BCUT2D eigenvalue weighted by atomic mass is 9.85. The summed E-state index contributed by atoms with van der Waals surface area (Å²) in [6.07, 6.45) is 3.29. The van der Waals surface area contributed by atoms with E-state index in [1.54, 1.807) is 11.3 Å². The van der Waals surface area contributed by atoms with Gasteiger partial charge in [-0.25, -0.2) is 9.97 Å². The molecule has 3 fully saturated rings. The standard InChI is InChI=1S/C18H23N3O2S/c1-8-7-24-16-13(8)20-17(9-2-3-9)21-18(16)19-6-11-4-10-5-12(11)15(23)14(10)22/h7,9-12,14-15,22-23H,2-6H2,1H3,(H,19,20,21)/t10-,11-,12-,14+,15-/m0/s1. The second kappa shape index (κ2) is 5.38. The Balaban J connectivity index is 1.39. The average molecular weight is 345 g/mol. The first-order chi connectivity index (χ1) is 11.6. The number of nitrogens with one attached hydrogen (secondary N) is 1. The van der Waals surface area contributed by atoms with Crippen molar-refractivity contribution in [3.8, 4) is 0 Å². The number of aryl methyl sites for hydroxylation is 1. The van der Waals surface area contributed by atoms with Gasteiger partial charge in [0, 0.05) is 12.5 Å². The molecule has 0 saturated heterocycles. The minimum absolute atomic E-state index is 0.225. The first kappa shape index (κ1) is 15.0. The molecule has 24 heavy (non-hydrogen) atoms. The topological polar surface area (TPSA) is 78.3 Å². The Morgan fingerprint density at radius 3 is 2.75 bits per heavy atom. The molecule has 128 valence electrons. The van der Waals surface area contributed by atoms with Gasteiger partial charge in [-0.15, -0.1) is 11.3 Å². The Morgan fingerprint density at radius 2 is 2.04 bits per heavy atom. The number of aliphatic hydroxyl groups is 2. The predicted molar refractivity (Wildman–Crippen MR) is 94.3 cm³/mol. The fourth-order valence-corrected chi connectivity index (χ4v) is 5.54. The van der Waals surface area contributed by atoms with E-state index in [0.717, 1.165) is 41.2 Å². The molecule has 5 atom stereocenters. The van der Waals surface area contributed by atoms with Crippen LogP contribution in [0.25, 0.3) is 10.2 Å². The third-order valence-electron chi connectivity index (χ3n) is 6.14. The van der Waals surface area contributed by atoms with Crippen molar-refractivity contribution in [2.45, 2.75) is 50.7 Å². The molecule has 5 rings (SSSR count). The third-order valence-corrected chi connectivity index (χ3v) is 7.24. The summed E-state index contributed by atoms with van der Waals surface area (Å²) in [6.45, 7) is 2.93. The predicted octanol–water partition coefficient (Wildman–Crippen LogP) is 2.67. The highest BCUT2D eigenvalue weighted by Crippen LogP contribution is 2.48. The highest BCUT2D eigenvalue weighted by molar-refractivity contribution is 7.18. The first-order valence-electron chi connectivity index (χ1n) is 8.97. The van der Waals surface area contributed by atoms with Crippen LogP contribution in [-0.2, 0) is 0 Å². The summed E-state index contributed by atoms with van der Waals surface area (Å²) >= 11 is 1.70. The van der Waals surface area contributed by atoms with Gasteiger partial charge in [0.05, 0.1) is 22.4 Å². The van der Waals surface area contributed by atoms with Gasteiger partial charge >= 0.3 is 0 Å². The maximum absolute atomic E-state index is 10.2. The molecule has 2 bridgehead atoms. The number of rotatable bonds is 4. The molecule has 0 amide bonds. The van der Waals surface area contributed by atoms with Crippen LogP contribution in [0.2, 0.25) is 0 Å². The van der Waals surface area contributed by atoms with Gasteiger partial charge in [0.2, 0.25) is 0 Å². The number of aliphatic hydroxyl groups excluding tert-OH is 2. The van der Waals surface area contributed by atoms with E-state index < -0.39 is 12.2 Å². The van der Waals surface area contributed by atoms with Crippen LogP contribution in [0.15, 0.2) is 5.38 Å². The fourth-order valence-electron chi connectivity index (χ4n) is 4.59. The number of anilines is 1. The number of hydrogen-bond acceptors (Lipinski definition) is 6. The van der Waals surface area contributed by atoms with Crippen molar-refractivity contribution in [2.75, 3.05) is 11.9 Å². The van der Waals surface area contributed by atoms with Crippen molar-refractivity contribution in [3.05, 3.63) is 16.8 Å². The number of thiophene rings is 1. The van der Waals surface area contributed by atoms with E-state index >= 15 is 0 Å². The van der Waals surface area contributed by atoms with Gasteiger partial charge in [-0.2, -0.15) is 0 Å². The van der Waals surface area contributed by atoms with E-state index in [1.165, 1.54) is 18.4 Å². The highest BCUT2D eigenvalue weighted by Gasteiger charge is 2.51. The molecule has 0 radical (unpaired) electrons. The second-order valence-electron chi connectivity index (χ2n) is 7.82. The maximum atomic E-state index is 10.2. The molecule has 6 heteroatoms. The Hall–Kier alpha value is -1.24. The molecule has 2 aromatic rings. The SMILES string of the molecule is Cc1csc2c(NC[C@@H]3C[C@H]4C[C@@H]3[C@H](O)[C@@H]4O)nc(C3CC3)nc12. The largest absolute Gasteiger partial charge is 0.390 e. The quantitative estimate of drug-likeness (QED) is 0.794. The van der Waals surface area contributed by atoms with Gasteiger partial charge in [-0.05, 0) is 61.3 Å². The molecule has 0 aromatic carbocycles. The van der Waals surface area contributed by atoms with E-state index in [4.69, 9.17) is 9.97 Å². The van der Waals surface area contributed by atoms with Crippen LogP contribution in [-0.4, -0.2) is 38.9 Å². The van der Waals surface area contributed by atoms with Crippen molar-refractivity contribution in [2.24, 2.45) is 17.8 Å². The zero-order valence-corrected chi connectivity index (χ0v) is 14.6. The summed E-state index contributed by atoms with van der Waals surface area (Å²) in [5.74, 6) is 3.39. The summed E-state index contributed by atoms with van der Waals surface area (Å²) in [4.78, 5) is 9.59. The molecule has 3 N–H and O–H groups in total. The van der Waals surface area contributed by atoms with Crippen molar-refractivity contribution in [1.82, 2.24) is 9.97 Å². The average Bonchev–Trinajstić information content (AvgIpc) is 3.17. The van der Waals surface area contributed by atoms with Gasteiger partial charge < -0.3 is 15.5 Å². The summed E-state index contributed by atoms with van der Waals surface area (Å²) in [5, 5.41) is 25.8. The lowest BCUT2D eigenvalue weighted by Crippen LogP contribution is -2.38. The first-order valence-corrected chi connectivity index (χ1v) is 9.85. The lowest BCUT2D eigenvalue weighted by Gasteiger charge is -2.30. The van der Waals surface area contributed by atoms with E-state index in [2.05, 4.69) is 17.6 Å². The zero-order valence-electron chi connectivity index (χ0n) is 13.8. The summed E-state index contributed by atoms with van der Waals surface area (Å²) in [7, 11) is 0. The second-order valence-corrected chi connectivity index (χ2v) is 8.70. The molecule has 3 aliphatic carbocycles. The van der Waals surface area contributed by atoms with Gasteiger partial charge in [0.1, 0.15) is 11.6 Å². The van der Waals surface area contributed by atoms with Gasteiger partial charge in [-0.3, -0.25) is 0 Å². The molecule has 3 saturated carbocycles. The molecule has 2 heterocycles. The molecular weight excluding hydrogens is 322 g/mol. The molecule has 2 aromatic heterocycles. The van der Waals surface area contributed by atoms with Crippen LogP contribution in [0.1, 0.15) is 43.0 Å². The molecule has 0 spiro atoms. The van der Waals surface area contributed by atoms with Crippen LogP contribution in [0.5, 0.6) is 0 Å². The minimum atomic E-state index is -0.549. The summed E-state index contributed by atoms with van der Waals surface area (Å²) in [6, 6.07) is 0. The van der Waals surface area contributed by atoms with Crippen LogP contribution < -0.4 is 5.32 Å². The maximum Gasteiger partial charge on any atom is 0.147 e. The van der Waals surface area contributed by atoms with Gasteiger partial charge in [-0.1, -0.05) is 0 Å². The van der Waals surface area contributed by atoms with E-state index in [0.29, 0.717) is 11.8 Å². The Morgan fingerprint density at radius 1 is 1.21 bits per heavy atom. The van der Waals surface area contributed by atoms with Crippen LogP contribution in [0.4, 0.5) is 5.82 Å². The van der Waals surface area contributed by atoms with Crippen molar-refractivity contribution >= 4 is 27.4 Å². The lowest BCUT2D eigenvalue weighted by molar-refractivity contribution is -0.0317. The molecule has 5 nitrogen and oxygen atoms in total. The van der Waals surface area contributed by atoms with Crippen LogP contribution >= 0.6 is 11.3 Å². The van der Waals surface area contributed by atoms with Crippen molar-refractivity contribution in [1.29, 1.82) is 0 Å². The van der Waals surface area contributed by atoms with Crippen LogP contribution in [0, 0.1) is 24.7 Å². The minimum Gasteiger partial charge on any atom is -0.390 e. The monoisotopic (exact) mass is 345 g/mol. The Labute approximate surface area is 145 Å². The van der Waals surface area contributed by atoms with Gasteiger partial charge in [0.15, 0.2) is 0 Å². The van der Waals surface area contributed by atoms with Crippen molar-refractivity contribution < 1.29 is 10.2 Å². The molecule has 0 unspecified atom stereocenters. The van der Waals surface area contributed by atoms with E-state index in [9.17, 15) is 10.2 Å². The zero-order chi connectivity index (χ0) is 16.4. The molecular formula is C18H23N3O2S.